The van der Waals surface area contributed by atoms with Crippen molar-refractivity contribution in [2.24, 2.45) is 0 Å². The third kappa shape index (κ3) is 3.67. The molecule has 0 radical (unpaired) electrons. The van der Waals surface area contributed by atoms with Gasteiger partial charge in [0.1, 0.15) is 12.4 Å². The van der Waals surface area contributed by atoms with Crippen molar-refractivity contribution in [3.05, 3.63) is 58.6 Å². The highest BCUT2D eigenvalue weighted by Crippen LogP contribution is 2.27. The van der Waals surface area contributed by atoms with Gasteiger partial charge in [0.25, 0.3) is 0 Å². The van der Waals surface area contributed by atoms with Crippen LogP contribution in [-0.4, -0.2) is 0 Å². The van der Waals surface area contributed by atoms with Crippen LogP contribution >= 0.6 is 11.6 Å². The molecular formula is C17H20ClNO. The van der Waals surface area contributed by atoms with E-state index in [1.165, 1.54) is 5.56 Å². The average molecular weight is 290 g/mol. The number of rotatable bonds is 3. The lowest BCUT2D eigenvalue weighted by Gasteiger charge is -2.19. The Balaban J connectivity index is 2.04. The maximum absolute atomic E-state index is 6.08. The normalized spacial score (nSPS) is 11.4. The van der Waals surface area contributed by atoms with Crippen LogP contribution in [0.1, 0.15) is 31.9 Å². The maximum atomic E-state index is 6.08. The molecule has 2 aromatic carbocycles. The summed E-state index contributed by atoms with van der Waals surface area (Å²) >= 11 is 6.08. The number of ether oxygens (including phenoxy) is 1. The molecule has 0 atom stereocenters. The van der Waals surface area contributed by atoms with Gasteiger partial charge in [0.05, 0.1) is 5.02 Å². The van der Waals surface area contributed by atoms with E-state index in [-0.39, 0.29) is 5.41 Å². The molecule has 0 spiro atoms. The van der Waals surface area contributed by atoms with Crippen molar-refractivity contribution in [3.8, 4) is 5.75 Å². The van der Waals surface area contributed by atoms with E-state index >= 15 is 0 Å². The number of hydrogen-bond donors (Lipinski definition) is 1. The molecule has 0 aliphatic rings. The second-order valence-corrected chi connectivity index (χ2v) is 6.33. The summed E-state index contributed by atoms with van der Waals surface area (Å²) in [5, 5.41) is 0.538. The Kier molecular flexibility index (Phi) is 4.24. The zero-order valence-electron chi connectivity index (χ0n) is 12.1. The van der Waals surface area contributed by atoms with E-state index in [2.05, 4.69) is 45.0 Å². The molecule has 2 aromatic rings. The van der Waals surface area contributed by atoms with Crippen LogP contribution in [0.5, 0.6) is 5.75 Å². The van der Waals surface area contributed by atoms with Gasteiger partial charge >= 0.3 is 0 Å². The molecule has 106 valence electrons. The Hall–Kier alpha value is -1.67. The zero-order valence-corrected chi connectivity index (χ0v) is 12.9. The molecule has 0 saturated carbocycles. The monoisotopic (exact) mass is 289 g/mol. The third-order valence-electron chi connectivity index (χ3n) is 3.17. The molecule has 0 unspecified atom stereocenters. The van der Waals surface area contributed by atoms with Crippen molar-refractivity contribution in [2.75, 3.05) is 5.73 Å². The molecular weight excluding hydrogens is 270 g/mol. The average Bonchev–Trinajstić information content (AvgIpc) is 2.37. The van der Waals surface area contributed by atoms with Crippen molar-refractivity contribution in [2.45, 2.75) is 32.8 Å². The predicted octanol–water partition coefficient (Wildman–Crippen LogP) is 4.80. The second-order valence-electron chi connectivity index (χ2n) is 5.93. The van der Waals surface area contributed by atoms with E-state index in [1.807, 2.05) is 0 Å². The summed E-state index contributed by atoms with van der Waals surface area (Å²) < 4.78 is 5.72. The Morgan fingerprint density at radius 1 is 1.05 bits per heavy atom. The molecule has 0 aliphatic carbocycles. The summed E-state index contributed by atoms with van der Waals surface area (Å²) in [5.74, 6) is 0.653. The summed E-state index contributed by atoms with van der Waals surface area (Å²) in [6.07, 6.45) is 0. The molecule has 0 aliphatic heterocycles. The standard InChI is InChI=1S/C17H20ClNO/c1-17(2,3)13-6-4-12(5-7-13)11-20-16-9-8-14(19)10-15(16)18/h4-10H,11,19H2,1-3H3. The quantitative estimate of drug-likeness (QED) is 0.824. The highest BCUT2D eigenvalue weighted by atomic mass is 35.5. The Morgan fingerprint density at radius 3 is 2.25 bits per heavy atom. The number of hydrogen-bond acceptors (Lipinski definition) is 2. The predicted molar refractivity (Wildman–Crippen MR) is 85.3 cm³/mol. The van der Waals surface area contributed by atoms with Crippen LogP contribution in [0.15, 0.2) is 42.5 Å². The molecule has 0 saturated heterocycles. The van der Waals surface area contributed by atoms with Crippen molar-refractivity contribution in [1.29, 1.82) is 0 Å². The minimum Gasteiger partial charge on any atom is -0.487 e. The van der Waals surface area contributed by atoms with Gasteiger partial charge in [0.15, 0.2) is 0 Å². The van der Waals surface area contributed by atoms with Crippen molar-refractivity contribution >= 4 is 17.3 Å². The van der Waals surface area contributed by atoms with E-state index in [0.717, 1.165) is 5.56 Å². The van der Waals surface area contributed by atoms with Gasteiger partial charge in [-0.3, -0.25) is 0 Å². The number of benzene rings is 2. The summed E-state index contributed by atoms with van der Waals surface area (Å²) in [5.41, 5.74) is 8.88. The van der Waals surface area contributed by atoms with Crippen molar-refractivity contribution in [1.82, 2.24) is 0 Å². The summed E-state index contributed by atoms with van der Waals surface area (Å²) in [7, 11) is 0. The smallest absolute Gasteiger partial charge is 0.138 e. The Bertz CT molecular complexity index is 585. The fourth-order valence-electron chi connectivity index (χ4n) is 1.90. The number of nitrogen functional groups attached to an aromatic ring is 1. The van der Waals surface area contributed by atoms with E-state index in [4.69, 9.17) is 22.1 Å². The minimum absolute atomic E-state index is 0.166. The summed E-state index contributed by atoms with van der Waals surface area (Å²) in [4.78, 5) is 0. The van der Waals surface area contributed by atoms with Gasteiger partial charge in [-0.15, -0.1) is 0 Å². The zero-order chi connectivity index (χ0) is 14.8. The number of nitrogens with two attached hydrogens (primary N) is 1. The summed E-state index contributed by atoms with van der Waals surface area (Å²) in [6, 6.07) is 13.7. The minimum atomic E-state index is 0.166. The van der Waals surface area contributed by atoms with E-state index in [0.29, 0.717) is 23.1 Å². The van der Waals surface area contributed by atoms with Crippen LogP contribution in [0.2, 0.25) is 5.02 Å². The Labute approximate surface area is 125 Å². The van der Waals surface area contributed by atoms with Crippen molar-refractivity contribution in [3.63, 3.8) is 0 Å². The topological polar surface area (TPSA) is 35.2 Å². The third-order valence-corrected chi connectivity index (χ3v) is 3.47. The van der Waals surface area contributed by atoms with Gasteiger partial charge in [0, 0.05) is 5.69 Å². The fraction of sp³-hybridized carbons (Fsp3) is 0.294. The molecule has 2 nitrogen and oxygen atoms in total. The van der Waals surface area contributed by atoms with Crippen LogP contribution in [0.3, 0.4) is 0 Å². The number of anilines is 1. The van der Waals surface area contributed by atoms with Gasteiger partial charge in [-0.05, 0) is 34.7 Å². The van der Waals surface area contributed by atoms with Crippen molar-refractivity contribution < 1.29 is 4.74 Å². The first-order chi connectivity index (χ1) is 9.36. The van der Waals surface area contributed by atoms with E-state index < -0.39 is 0 Å². The van der Waals surface area contributed by atoms with Gasteiger partial charge in [-0.25, -0.2) is 0 Å². The first-order valence-corrected chi connectivity index (χ1v) is 7.01. The highest BCUT2D eigenvalue weighted by Gasteiger charge is 2.12. The number of halogens is 1. The van der Waals surface area contributed by atoms with Crippen LogP contribution in [0, 0.1) is 0 Å². The van der Waals surface area contributed by atoms with Crippen LogP contribution in [0.4, 0.5) is 5.69 Å². The molecule has 0 bridgehead atoms. The van der Waals surface area contributed by atoms with Crippen LogP contribution < -0.4 is 10.5 Å². The first-order valence-electron chi connectivity index (χ1n) is 6.63. The Morgan fingerprint density at radius 2 is 1.70 bits per heavy atom. The lowest BCUT2D eigenvalue weighted by Crippen LogP contribution is -2.10. The molecule has 3 heteroatoms. The first kappa shape index (κ1) is 14.7. The van der Waals surface area contributed by atoms with Crippen LogP contribution in [0.25, 0.3) is 0 Å². The second kappa shape index (κ2) is 5.76. The maximum Gasteiger partial charge on any atom is 0.138 e. The molecule has 2 N–H and O–H groups in total. The molecule has 0 amide bonds. The lowest BCUT2D eigenvalue weighted by molar-refractivity contribution is 0.306. The van der Waals surface area contributed by atoms with E-state index in [9.17, 15) is 0 Å². The SMILES string of the molecule is CC(C)(C)c1ccc(COc2ccc(N)cc2Cl)cc1. The molecule has 20 heavy (non-hydrogen) atoms. The molecule has 0 fully saturated rings. The van der Waals surface area contributed by atoms with Gasteiger partial charge in [-0.2, -0.15) is 0 Å². The van der Waals surface area contributed by atoms with Gasteiger partial charge in [0.2, 0.25) is 0 Å². The van der Waals surface area contributed by atoms with Crippen LogP contribution in [-0.2, 0) is 12.0 Å². The largest absolute Gasteiger partial charge is 0.487 e. The van der Waals surface area contributed by atoms with Gasteiger partial charge in [-0.1, -0.05) is 56.6 Å². The van der Waals surface area contributed by atoms with Gasteiger partial charge < -0.3 is 10.5 Å². The molecule has 0 heterocycles. The van der Waals surface area contributed by atoms with E-state index in [1.54, 1.807) is 18.2 Å². The highest BCUT2D eigenvalue weighted by molar-refractivity contribution is 6.32. The molecule has 0 aromatic heterocycles. The lowest BCUT2D eigenvalue weighted by atomic mass is 9.87. The fourth-order valence-corrected chi connectivity index (χ4v) is 2.14. The molecule has 2 rings (SSSR count). The summed E-state index contributed by atoms with van der Waals surface area (Å²) in [6.45, 7) is 7.10.